The highest BCUT2D eigenvalue weighted by Gasteiger charge is 2.32. The second-order valence-corrected chi connectivity index (χ2v) is 7.81. The molecule has 2 aliphatic rings. The summed E-state index contributed by atoms with van der Waals surface area (Å²) in [5.74, 6) is 0. The van der Waals surface area contributed by atoms with Crippen LogP contribution < -0.4 is 0 Å². The maximum atomic E-state index is 9.55. The Kier molecular flexibility index (Phi) is 5.39. The number of nitrogens with one attached hydrogen (secondary N) is 1. The Labute approximate surface area is 150 Å². The van der Waals surface area contributed by atoms with Gasteiger partial charge in [-0.15, -0.1) is 0 Å². The Hall–Kier alpha value is -1.36. The molecule has 2 N–H and O–H groups in total. The second kappa shape index (κ2) is 7.90. The van der Waals surface area contributed by atoms with Gasteiger partial charge in [0.15, 0.2) is 0 Å². The Balaban J connectivity index is 1.42. The van der Waals surface area contributed by atoms with Crippen LogP contribution in [0, 0.1) is 0 Å². The van der Waals surface area contributed by atoms with Crippen molar-refractivity contribution in [1.82, 2.24) is 14.8 Å². The molecule has 1 aromatic heterocycles. The van der Waals surface area contributed by atoms with Crippen LogP contribution in [-0.2, 0) is 6.54 Å². The average molecular weight is 341 g/mol. The summed E-state index contributed by atoms with van der Waals surface area (Å²) in [7, 11) is 0. The van der Waals surface area contributed by atoms with Crippen LogP contribution >= 0.6 is 0 Å². The number of H-pyrrole nitrogens is 1. The number of nitrogens with zero attached hydrogens (tertiary/aromatic N) is 2. The molecular weight excluding hydrogens is 310 g/mol. The molecule has 1 saturated carbocycles. The first-order chi connectivity index (χ1) is 12.3. The van der Waals surface area contributed by atoms with E-state index in [1.807, 2.05) is 0 Å². The molecule has 4 nitrogen and oxygen atoms in total. The van der Waals surface area contributed by atoms with Gasteiger partial charge in [0.1, 0.15) is 0 Å². The first-order valence-corrected chi connectivity index (χ1v) is 9.99. The molecule has 2 aromatic rings. The highest BCUT2D eigenvalue weighted by molar-refractivity contribution is 5.80. The minimum atomic E-state index is 0.300. The molecule has 2 fully saturated rings. The molecule has 1 aromatic carbocycles. The minimum Gasteiger partial charge on any atom is -0.396 e. The summed E-state index contributed by atoms with van der Waals surface area (Å²) >= 11 is 0. The van der Waals surface area contributed by atoms with Gasteiger partial charge in [-0.1, -0.05) is 37.5 Å². The zero-order valence-electron chi connectivity index (χ0n) is 15.2. The number of rotatable bonds is 5. The molecule has 4 rings (SSSR count). The van der Waals surface area contributed by atoms with E-state index in [9.17, 15) is 5.11 Å². The lowest BCUT2D eigenvalue weighted by molar-refractivity contribution is 0.0133. The van der Waals surface area contributed by atoms with Gasteiger partial charge in [-0.2, -0.15) is 0 Å². The van der Waals surface area contributed by atoms with E-state index in [1.165, 1.54) is 48.7 Å². The van der Waals surface area contributed by atoms with E-state index in [1.54, 1.807) is 0 Å². The number of aromatic nitrogens is 1. The van der Waals surface area contributed by atoms with Gasteiger partial charge in [-0.05, 0) is 36.8 Å². The molecule has 0 bridgehead atoms. The molecule has 1 atom stereocenters. The largest absolute Gasteiger partial charge is 0.396 e. The Bertz CT molecular complexity index is 644. The lowest BCUT2D eigenvalue weighted by atomic mass is 9.92. The number of aromatic amines is 1. The Morgan fingerprint density at radius 1 is 1.08 bits per heavy atom. The molecule has 0 radical (unpaired) electrons. The zero-order chi connectivity index (χ0) is 17.1. The fraction of sp³-hybridized carbons (Fsp3) is 0.619. The molecule has 136 valence electrons. The van der Waals surface area contributed by atoms with Gasteiger partial charge in [-0.3, -0.25) is 9.80 Å². The third-order valence-electron chi connectivity index (χ3n) is 6.10. The van der Waals surface area contributed by atoms with Gasteiger partial charge in [0, 0.05) is 56.1 Å². The average Bonchev–Trinajstić information content (AvgIpc) is 3.05. The number of hydrogen-bond acceptors (Lipinski definition) is 3. The van der Waals surface area contributed by atoms with Crippen molar-refractivity contribution in [3.8, 4) is 0 Å². The van der Waals surface area contributed by atoms with Gasteiger partial charge < -0.3 is 10.1 Å². The first kappa shape index (κ1) is 17.1. The molecule has 1 aliphatic heterocycles. The summed E-state index contributed by atoms with van der Waals surface area (Å²) < 4.78 is 0. The monoisotopic (exact) mass is 341 g/mol. The third kappa shape index (κ3) is 3.91. The number of benzene rings is 1. The van der Waals surface area contributed by atoms with Crippen molar-refractivity contribution in [1.29, 1.82) is 0 Å². The summed E-state index contributed by atoms with van der Waals surface area (Å²) in [6, 6.07) is 12.0. The summed E-state index contributed by atoms with van der Waals surface area (Å²) in [5, 5.41) is 10.9. The van der Waals surface area contributed by atoms with Crippen molar-refractivity contribution in [2.24, 2.45) is 0 Å². The van der Waals surface area contributed by atoms with E-state index >= 15 is 0 Å². The number of fused-ring (bicyclic) bond motifs is 1. The van der Waals surface area contributed by atoms with Crippen molar-refractivity contribution < 1.29 is 5.11 Å². The third-order valence-corrected chi connectivity index (χ3v) is 6.10. The minimum absolute atomic E-state index is 0.300. The van der Waals surface area contributed by atoms with Crippen molar-refractivity contribution in [2.45, 2.75) is 57.2 Å². The molecule has 0 amide bonds. The predicted molar refractivity (Wildman–Crippen MR) is 103 cm³/mol. The van der Waals surface area contributed by atoms with Crippen molar-refractivity contribution in [2.75, 3.05) is 26.2 Å². The summed E-state index contributed by atoms with van der Waals surface area (Å²) in [6.07, 6.45) is 7.77. The number of aliphatic hydroxyl groups excluding tert-OH is 1. The summed E-state index contributed by atoms with van der Waals surface area (Å²) in [4.78, 5) is 8.84. The fourth-order valence-corrected chi connectivity index (χ4v) is 4.84. The van der Waals surface area contributed by atoms with E-state index in [-0.39, 0.29) is 0 Å². The standard InChI is InChI=1S/C21H31N3O/c25-13-10-20-16-23(11-12-24(20)19-7-2-1-3-8-19)15-18-14-17-6-4-5-9-21(17)22-18/h4-6,9,14,19-20,22,25H,1-3,7-8,10-13,15-16H2/t20-/m1/s1. The van der Waals surface area contributed by atoms with Gasteiger partial charge in [-0.25, -0.2) is 0 Å². The lowest BCUT2D eigenvalue weighted by Gasteiger charge is -2.46. The van der Waals surface area contributed by atoms with Crippen LogP contribution in [0.2, 0.25) is 0 Å². The topological polar surface area (TPSA) is 42.5 Å². The Morgan fingerprint density at radius 3 is 2.72 bits per heavy atom. The highest BCUT2D eigenvalue weighted by Crippen LogP contribution is 2.27. The van der Waals surface area contributed by atoms with E-state index in [2.05, 4.69) is 45.1 Å². The van der Waals surface area contributed by atoms with E-state index < -0.39 is 0 Å². The number of para-hydroxylation sites is 1. The molecule has 0 unspecified atom stereocenters. The molecule has 1 saturated heterocycles. The molecule has 1 aliphatic carbocycles. The summed E-state index contributed by atoms with van der Waals surface area (Å²) in [6.45, 7) is 4.64. The Morgan fingerprint density at radius 2 is 1.92 bits per heavy atom. The lowest BCUT2D eigenvalue weighted by Crippen LogP contribution is -2.56. The van der Waals surface area contributed by atoms with Crippen molar-refractivity contribution in [3.63, 3.8) is 0 Å². The molecule has 0 spiro atoms. The molecule has 2 heterocycles. The molecular formula is C21H31N3O. The number of hydrogen-bond donors (Lipinski definition) is 2. The van der Waals surface area contributed by atoms with Crippen LogP contribution in [0.4, 0.5) is 0 Å². The maximum absolute atomic E-state index is 9.55. The van der Waals surface area contributed by atoms with Crippen LogP contribution in [-0.4, -0.2) is 58.2 Å². The molecule has 4 heteroatoms. The van der Waals surface area contributed by atoms with Gasteiger partial charge >= 0.3 is 0 Å². The zero-order valence-corrected chi connectivity index (χ0v) is 15.2. The first-order valence-electron chi connectivity index (χ1n) is 9.99. The van der Waals surface area contributed by atoms with Gasteiger partial charge in [0.05, 0.1) is 0 Å². The normalized spacial score (nSPS) is 24.1. The second-order valence-electron chi connectivity index (χ2n) is 7.81. The highest BCUT2D eigenvalue weighted by atomic mass is 16.3. The maximum Gasteiger partial charge on any atom is 0.0456 e. The predicted octanol–water partition coefficient (Wildman–Crippen LogP) is 3.37. The smallest absolute Gasteiger partial charge is 0.0456 e. The van der Waals surface area contributed by atoms with Crippen LogP contribution in [0.25, 0.3) is 10.9 Å². The van der Waals surface area contributed by atoms with E-state index in [0.717, 1.165) is 38.6 Å². The quantitative estimate of drug-likeness (QED) is 0.876. The van der Waals surface area contributed by atoms with E-state index in [0.29, 0.717) is 12.6 Å². The molecule has 25 heavy (non-hydrogen) atoms. The van der Waals surface area contributed by atoms with E-state index in [4.69, 9.17) is 0 Å². The fourth-order valence-electron chi connectivity index (χ4n) is 4.84. The van der Waals surface area contributed by atoms with Crippen LogP contribution in [0.5, 0.6) is 0 Å². The van der Waals surface area contributed by atoms with Crippen molar-refractivity contribution in [3.05, 3.63) is 36.0 Å². The SMILES string of the molecule is OCC[C@@H]1CN(Cc2cc3ccccc3[nH]2)CCN1C1CCCCC1. The summed E-state index contributed by atoms with van der Waals surface area (Å²) in [5.41, 5.74) is 2.53. The van der Waals surface area contributed by atoms with Crippen molar-refractivity contribution >= 4 is 10.9 Å². The number of piperazine rings is 1. The van der Waals surface area contributed by atoms with Gasteiger partial charge in [0.25, 0.3) is 0 Å². The number of aliphatic hydroxyl groups is 1. The van der Waals surface area contributed by atoms with Crippen LogP contribution in [0.15, 0.2) is 30.3 Å². The van der Waals surface area contributed by atoms with Crippen LogP contribution in [0.3, 0.4) is 0 Å². The van der Waals surface area contributed by atoms with Gasteiger partial charge in [0.2, 0.25) is 0 Å². The van der Waals surface area contributed by atoms with Crippen LogP contribution in [0.1, 0.15) is 44.2 Å².